The second-order valence-corrected chi connectivity index (χ2v) is 8.33. The van der Waals surface area contributed by atoms with Crippen LogP contribution in [0.25, 0.3) is 21.5 Å². The number of aromatic nitrogens is 2. The predicted molar refractivity (Wildman–Crippen MR) is 130 cm³/mol. The first-order valence-electron chi connectivity index (χ1n) is 10.6. The van der Waals surface area contributed by atoms with Crippen LogP contribution in [0.5, 0.6) is 0 Å². The number of ketones is 1. The van der Waals surface area contributed by atoms with Crippen molar-refractivity contribution in [1.82, 2.24) is 15.3 Å². The number of amides is 1. The van der Waals surface area contributed by atoms with E-state index in [-0.39, 0.29) is 11.7 Å². The molecule has 0 spiro atoms. The number of thiazole rings is 1. The largest absolute Gasteiger partial charge is 0.354 e. The molecule has 0 aliphatic rings. The molecule has 0 saturated heterocycles. The number of carbonyl (C=O) groups is 2. The summed E-state index contributed by atoms with van der Waals surface area (Å²) in [6, 6.07) is 15.5. The van der Waals surface area contributed by atoms with Crippen LogP contribution in [-0.4, -0.2) is 28.2 Å². The van der Waals surface area contributed by atoms with Crippen LogP contribution in [-0.2, 0) is 0 Å². The topological polar surface area (TPSA) is 84.0 Å². The fourth-order valence-corrected chi connectivity index (χ4v) is 4.17. The van der Waals surface area contributed by atoms with Crippen molar-refractivity contribution in [3.8, 4) is 10.6 Å². The lowest BCUT2D eigenvalue weighted by molar-refractivity contribution is 0.0948. The lowest BCUT2D eigenvalue weighted by atomic mass is 10.0. The highest BCUT2D eigenvalue weighted by Crippen LogP contribution is 2.33. The average molecular weight is 445 g/mol. The molecule has 2 heterocycles. The number of carbonyl (C=O) groups excluding carboxylic acids is 2. The first-order valence-corrected chi connectivity index (χ1v) is 11.4. The third kappa shape index (κ3) is 4.68. The summed E-state index contributed by atoms with van der Waals surface area (Å²) in [6.45, 7) is 4.26. The minimum absolute atomic E-state index is 0.0662. The lowest BCUT2D eigenvalue weighted by Crippen LogP contribution is -2.24. The van der Waals surface area contributed by atoms with E-state index in [0.717, 1.165) is 40.0 Å². The van der Waals surface area contributed by atoms with E-state index in [1.165, 1.54) is 18.3 Å². The fourth-order valence-electron chi connectivity index (χ4n) is 3.37. The zero-order valence-electron chi connectivity index (χ0n) is 18.0. The number of para-hydroxylation sites is 1. The van der Waals surface area contributed by atoms with Crippen molar-refractivity contribution in [3.63, 3.8) is 0 Å². The van der Waals surface area contributed by atoms with Crippen LogP contribution in [0.3, 0.4) is 0 Å². The van der Waals surface area contributed by atoms with Gasteiger partial charge >= 0.3 is 0 Å². The number of rotatable bonds is 8. The van der Waals surface area contributed by atoms with Crippen molar-refractivity contribution < 1.29 is 9.59 Å². The zero-order chi connectivity index (χ0) is 22.5. The molecule has 2 aromatic carbocycles. The molecule has 2 aromatic heterocycles. The quantitative estimate of drug-likeness (QED) is 0.264. The molecule has 1 amide bonds. The van der Waals surface area contributed by atoms with Crippen LogP contribution < -0.4 is 10.6 Å². The van der Waals surface area contributed by atoms with Crippen molar-refractivity contribution in [3.05, 3.63) is 71.4 Å². The van der Waals surface area contributed by atoms with Crippen molar-refractivity contribution in [1.29, 1.82) is 0 Å². The fraction of sp³-hybridized carbons (Fsp3) is 0.200. The third-order valence-corrected chi connectivity index (χ3v) is 5.98. The maximum Gasteiger partial charge on any atom is 0.270 e. The van der Waals surface area contributed by atoms with E-state index in [2.05, 4.69) is 27.5 Å². The van der Waals surface area contributed by atoms with Gasteiger partial charge in [-0.15, -0.1) is 11.3 Å². The Labute approximate surface area is 190 Å². The minimum atomic E-state index is -0.159. The molecule has 0 unspecified atom stereocenters. The number of fused-ring (bicyclic) bond motifs is 1. The smallest absolute Gasteiger partial charge is 0.270 e. The summed E-state index contributed by atoms with van der Waals surface area (Å²) in [5, 5.41) is 9.62. The van der Waals surface area contributed by atoms with Gasteiger partial charge < -0.3 is 10.6 Å². The number of hydrogen-bond acceptors (Lipinski definition) is 6. The van der Waals surface area contributed by atoms with E-state index in [4.69, 9.17) is 0 Å². The van der Waals surface area contributed by atoms with Gasteiger partial charge in [0.1, 0.15) is 10.7 Å². The molecule has 32 heavy (non-hydrogen) atoms. The Bertz CT molecular complexity index is 1270. The molecule has 0 aliphatic carbocycles. The highest BCUT2D eigenvalue weighted by atomic mass is 32.1. The molecule has 0 radical (unpaired) electrons. The van der Waals surface area contributed by atoms with Crippen molar-refractivity contribution in [2.45, 2.75) is 26.7 Å². The Morgan fingerprint density at radius 2 is 1.91 bits per heavy atom. The maximum absolute atomic E-state index is 12.3. The van der Waals surface area contributed by atoms with E-state index in [0.29, 0.717) is 23.5 Å². The Morgan fingerprint density at radius 3 is 2.66 bits per heavy atom. The molecular formula is C25H24N4O2S. The first kappa shape index (κ1) is 21.6. The van der Waals surface area contributed by atoms with Crippen molar-refractivity contribution >= 4 is 45.3 Å². The molecule has 0 aliphatic heterocycles. The van der Waals surface area contributed by atoms with Crippen molar-refractivity contribution in [2.75, 3.05) is 11.9 Å². The van der Waals surface area contributed by atoms with Gasteiger partial charge in [0.05, 0.1) is 16.8 Å². The van der Waals surface area contributed by atoms with Gasteiger partial charge in [-0.05, 0) is 43.7 Å². The molecule has 4 rings (SSSR count). The highest BCUT2D eigenvalue weighted by Gasteiger charge is 2.16. The van der Waals surface area contributed by atoms with E-state index in [1.807, 2.05) is 48.5 Å². The summed E-state index contributed by atoms with van der Waals surface area (Å²) in [6.07, 6.45) is 3.57. The van der Waals surface area contributed by atoms with Gasteiger partial charge in [-0.25, -0.2) is 4.98 Å². The number of hydrogen-bond donors (Lipinski definition) is 2. The Kier molecular flexibility index (Phi) is 6.56. The third-order valence-electron chi connectivity index (χ3n) is 5.09. The number of pyridine rings is 1. The second-order valence-electron chi connectivity index (χ2n) is 7.47. The normalized spacial score (nSPS) is 10.8. The molecule has 0 saturated carbocycles. The van der Waals surface area contributed by atoms with E-state index >= 15 is 0 Å². The van der Waals surface area contributed by atoms with Gasteiger partial charge in [-0.3, -0.25) is 14.6 Å². The minimum Gasteiger partial charge on any atom is -0.354 e. The van der Waals surface area contributed by atoms with E-state index < -0.39 is 0 Å². The van der Waals surface area contributed by atoms with Crippen molar-refractivity contribution in [2.24, 2.45) is 0 Å². The monoisotopic (exact) mass is 444 g/mol. The predicted octanol–water partition coefficient (Wildman–Crippen LogP) is 5.83. The zero-order valence-corrected chi connectivity index (χ0v) is 18.8. The van der Waals surface area contributed by atoms with Crippen LogP contribution in [0.1, 0.15) is 47.5 Å². The summed E-state index contributed by atoms with van der Waals surface area (Å²) in [5.74, 6) is -0.225. The Hall–Kier alpha value is -3.58. The van der Waals surface area contributed by atoms with Gasteiger partial charge in [-0.1, -0.05) is 31.5 Å². The second kappa shape index (κ2) is 9.70. The number of nitrogens with one attached hydrogen (secondary N) is 2. The number of anilines is 2. The lowest BCUT2D eigenvalue weighted by Gasteiger charge is -2.14. The van der Waals surface area contributed by atoms with Gasteiger partial charge in [-0.2, -0.15) is 0 Å². The SMILES string of the molecule is CCCCNC(=O)c1csc(-c2ccc3ncc(C(C)=O)c(Nc4ccccc4)c3c2)n1. The van der Waals surface area contributed by atoms with E-state index in [9.17, 15) is 9.59 Å². The van der Waals surface area contributed by atoms with Gasteiger partial charge in [0.2, 0.25) is 0 Å². The number of nitrogens with zero attached hydrogens (tertiary/aromatic N) is 2. The Balaban J connectivity index is 1.72. The first-order chi connectivity index (χ1) is 15.6. The average Bonchev–Trinajstić information content (AvgIpc) is 3.30. The molecule has 0 atom stereocenters. The molecule has 0 bridgehead atoms. The van der Waals surface area contributed by atoms with Crippen LogP contribution in [0.4, 0.5) is 11.4 Å². The highest BCUT2D eigenvalue weighted by molar-refractivity contribution is 7.13. The molecule has 4 aromatic rings. The van der Waals surface area contributed by atoms with Crippen LogP contribution in [0, 0.1) is 0 Å². The number of unbranched alkanes of at least 4 members (excludes halogenated alkanes) is 1. The number of benzene rings is 2. The van der Waals surface area contributed by atoms with Gasteiger partial charge in [0, 0.05) is 34.8 Å². The standard InChI is InChI=1S/C25H24N4O2S/c1-3-4-12-26-24(31)22-15-32-25(29-22)17-10-11-21-19(13-17)23(20(14-27-21)16(2)30)28-18-8-6-5-7-9-18/h5-11,13-15H,3-4,12H2,1-2H3,(H,26,31)(H,27,28). The van der Waals surface area contributed by atoms with Gasteiger partial charge in [0.25, 0.3) is 5.91 Å². The van der Waals surface area contributed by atoms with Crippen LogP contribution >= 0.6 is 11.3 Å². The Morgan fingerprint density at radius 1 is 1.09 bits per heavy atom. The summed E-state index contributed by atoms with van der Waals surface area (Å²) >= 11 is 1.42. The van der Waals surface area contributed by atoms with Gasteiger partial charge in [0.15, 0.2) is 5.78 Å². The maximum atomic E-state index is 12.3. The van der Waals surface area contributed by atoms with Crippen LogP contribution in [0.2, 0.25) is 0 Å². The summed E-state index contributed by atoms with van der Waals surface area (Å²) in [5.41, 5.74) is 4.17. The molecule has 2 N–H and O–H groups in total. The molecule has 7 heteroatoms. The summed E-state index contributed by atoms with van der Waals surface area (Å²) in [4.78, 5) is 33.6. The van der Waals surface area contributed by atoms with Crippen LogP contribution in [0.15, 0.2) is 60.1 Å². The number of Topliss-reactive ketones (excluding diaryl/α,β-unsaturated/α-hetero) is 1. The molecule has 6 nitrogen and oxygen atoms in total. The summed E-state index contributed by atoms with van der Waals surface area (Å²) in [7, 11) is 0. The summed E-state index contributed by atoms with van der Waals surface area (Å²) < 4.78 is 0. The molecule has 162 valence electrons. The van der Waals surface area contributed by atoms with E-state index in [1.54, 1.807) is 11.6 Å². The molecule has 0 fully saturated rings. The molecular weight excluding hydrogens is 420 g/mol.